The van der Waals surface area contributed by atoms with Crippen molar-refractivity contribution in [1.29, 1.82) is 0 Å². The number of halogens is 1. The highest BCUT2D eigenvalue weighted by Gasteiger charge is 2.07. The summed E-state index contributed by atoms with van der Waals surface area (Å²) in [5.41, 5.74) is 8.09. The average molecular weight is 275 g/mol. The number of hydrogen-bond donors (Lipinski definition) is 1. The van der Waals surface area contributed by atoms with Gasteiger partial charge in [-0.3, -0.25) is 4.79 Å². The van der Waals surface area contributed by atoms with Crippen molar-refractivity contribution in [2.45, 2.75) is 13.8 Å². The summed E-state index contributed by atoms with van der Waals surface area (Å²) in [6, 6.07) is 3.80. The lowest BCUT2D eigenvalue weighted by atomic mass is 10.1. The first-order valence-electron chi connectivity index (χ1n) is 3.59. The molecule has 0 atom stereocenters. The van der Waals surface area contributed by atoms with Gasteiger partial charge in [0, 0.05) is 3.57 Å². The molecule has 2 N–H and O–H groups in total. The van der Waals surface area contributed by atoms with E-state index in [2.05, 4.69) is 22.6 Å². The summed E-state index contributed by atoms with van der Waals surface area (Å²) >= 11 is 2.12. The summed E-state index contributed by atoms with van der Waals surface area (Å²) in [6.07, 6.45) is 0. The Morgan fingerprint density at radius 2 is 1.83 bits per heavy atom. The van der Waals surface area contributed by atoms with Crippen LogP contribution in [0.15, 0.2) is 12.1 Å². The maximum absolute atomic E-state index is 10.9. The molecular formula is C9H10INO. The van der Waals surface area contributed by atoms with Gasteiger partial charge in [0.15, 0.2) is 0 Å². The zero-order valence-electron chi connectivity index (χ0n) is 7.02. The molecule has 1 aromatic rings. The van der Waals surface area contributed by atoms with Gasteiger partial charge in [-0.05, 0) is 59.7 Å². The Labute approximate surface area is 85.3 Å². The van der Waals surface area contributed by atoms with E-state index in [1.807, 2.05) is 26.0 Å². The molecule has 0 aliphatic carbocycles. The van der Waals surface area contributed by atoms with Crippen LogP contribution in [0.3, 0.4) is 0 Å². The number of benzene rings is 1. The van der Waals surface area contributed by atoms with E-state index < -0.39 is 0 Å². The predicted molar refractivity (Wildman–Crippen MR) is 57.2 cm³/mol. The molecule has 0 spiro atoms. The fourth-order valence-electron chi connectivity index (χ4n) is 0.970. The van der Waals surface area contributed by atoms with Crippen molar-refractivity contribution in [3.63, 3.8) is 0 Å². The summed E-state index contributed by atoms with van der Waals surface area (Å²) in [5, 5.41) is 0. The molecule has 1 rings (SSSR count). The maximum atomic E-state index is 10.9. The van der Waals surface area contributed by atoms with Gasteiger partial charge in [-0.2, -0.15) is 0 Å². The molecule has 0 radical (unpaired) electrons. The molecule has 0 aliphatic heterocycles. The third kappa shape index (κ3) is 1.77. The number of rotatable bonds is 1. The molecular weight excluding hydrogens is 265 g/mol. The first kappa shape index (κ1) is 9.51. The normalized spacial score (nSPS) is 9.92. The molecule has 1 amide bonds. The van der Waals surface area contributed by atoms with Crippen molar-refractivity contribution < 1.29 is 4.79 Å². The number of carbonyl (C=O) groups excluding carboxylic acids is 1. The van der Waals surface area contributed by atoms with Gasteiger partial charge in [0.25, 0.3) is 0 Å². The zero-order valence-corrected chi connectivity index (χ0v) is 9.18. The van der Waals surface area contributed by atoms with Gasteiger partial charge in [-0.25, -0.2) is 0 Å². The molecule has 0 aromatic heterocycles. The topological polar surface area (TPSA) is 43.1 Å². The van der Waals surface area contributed by atoms with Crippen molar-refractivity contribution in [2.24, 2.45) is 5.73 Å². The molecule has 0 unspecified atom stereocenters. The molecule has 1 aromatic carbocycles. The monoisotopic (exact) mass is 275 g/mol. The fraction of sp³-hybridized carbons (Fsp3) is 0.222. The fourth-order valence-corrected chi connectivity index (χ4v) is 1.86. The van der Waals surface area contributed by atoms with Gasteiger partial charge in [-0.15, -0.1) is 0 Å². The zero-order chi connectivity index (χ0) is 9.30. The number of nitrogens with two attached hydrogens (primary N) is 1. The molecule has 0 aliphatic rings. The van der Waals surface area contributed by atoms with Gasteiger partial charge in [-0.1, -0.05) is 0 Å². The highest BCUT2D eigenvalue weighted by Crippen LogP contribution is 2.17. The predicted octanol–water partition coefficient (Wildman–Crippen LogP) is 2.01. The van der Waals surface area contributed by atoms with Crippen molar-refractivity contribution in [3.05, 3.63) is 32.4 Å². The van der Waals surface area contributed by atoms with Crippen LogP contribution in [0.4, 0.5) is 0 Å². The summed E-state index contributed by atoms with van der Waals surface area (Å²) in [6.45, 7) is 3.99. The van der Waals surface area contributed by atoms with Crippen molar-refractivity contribution in [3.8, 4) is 0 Å². The van der Waals surface area contributed by atoms with E-state index >= 15 is 0 Å². The highest BCUT2D eigenvalue weighted by molar-refractivity contribution is 14.1. The number of carbonyl (C=O) groups is 1. The minimum Gasteiger partial charge on any atom is -0.366 e. The molecule has 12 heavy (non-hydrogen) atoms. The van der Waals surface area contributed by atoms with Crippen LogP contribution in [0.5, 0.6) is 0 Å². The Hall–Kier alpha value is -0.580. The van der Waals surface area contributed by atoms with Gasteiger partial charge in [0.2, 0.25) is 5.91 Å². The Morgan fingerprint density at radius 1 is 1.33 bits per heavy atom. The van der Waals surface area contributed by atoms with Gasteiger partial charge in [0.05, 0.1) is 5.56 Å². The molecule has 3 heteroatoms. The van der Waals surface area contributed by atoms with E-state index in [0.717, 1.165) is 9.13 Å². The molecule has 0 heterocycles. The third-order valence-corrected chi connectivity index (χ3v) is 2.74. The first-order chi connectivity index (χ1) is 5.52. The van der Waals surface area contributed by atoms with E-state index in [1.165, 1.54) is 5.56 Å². The van der Waals surface area contributed by atoms with E-state index in [-0.39, 0.29) is 5.91 Å². The highest BCUT2D eigenvalue weighted by atomic mass is 127. The van der Waals surface area contributed by atoms with Gasteiger partial charge < -0.3 is 5.73 Å². The molecule has 64 valence electrons. The molecule has 0 saturated carbocycles. The van der Waals surface area contributed by atoms with Crippen LogP contribution in [0.1, 0.15) is 21.5 Å². The summed E-state index contributed by atoms with van der Waals surface area (Å²) in [4.78, 5) is 10.9. The molecule has 0 saturated heterocycles. The SMILES string of the molecule is Cc1cc(I)c(C(N)=O)cc1C. The summed E-state index contributed by atoms with van der Waals surface area (Å²) in [5.74, 6) is -0.359. The lowest BCUT2D eigenvalue weighted by Gasteiger charge is -2.04. The van der Waals surface area contributed by atoms with Gasteiger partial charge in [0.1, 0.15) is 0 Å². The van der Waals surface area contributed by atoms with Crippen LogP contribution in [0, 0.1) is 17.4 Å². The van der Waals surface area contributed by atoms with Crippen LogP contribution in [0.25, 0.3) is 0 Å². The van der Waals surface area contributed by atoms with Crippen LogP contribution in [-0.4, -0.2) is 5.91 Å². The van der Waals surface area contributed by atoms with Crippen molar-refractivity contribution in [1.82, 2.24) is 0 Å². The number of primary amides is 1. The average Bonchev–Trinajstić information content (AvgIpc) is 1.96. The summed E-state index contributed by atoms with van der Waals surface area (Å²) < 4.78 is 0.920. The second-order valence-electron chi connectivity index (χ2n) is 2.78. The maximum Gasteiger partial charge on any atom is 0.249 e. The van der Waals surface area contributed by atoms with Crippen LogP contribution >= 0.6 is 22.6 Å². The lowest BCUT2D eigenvalue weighted by molar-refractivity contribution is 0.0999. The smallest absolute Gasteiger partial charge is 0.249 e. The van der Waals surface area contributed by atoms with Crippen LogP contribution in [0.2, 0.25) is 0 Å². The molecule has 0 fully saturated rings. The standard InChI is InChI=1S/C9H10INO/c1-5-3-7(9(11)12)8(10)4-6(5)2/h3-4H,1-2H3,(H2,11,12). The quantitative estimate of drug-likeness (QED) is 0.783. The Kier molecular flexibility index (Phi) is 2.72. The van der Waals surface area contributed by atoms with E-state index in [9.17, 15) is 4.79 Å². The first-order valence-corrected chi connectivity index (χ1v) is 4.67. The minimum atomic E-state index is -0.359. The Morgan fingerprint density at radius 3 is 2.33 bits per heavy atom. The molecule has 2 nitrogen and oxygen atoms in total. The Bertz CT molecular complexity index is 334. The van der Waals surface area contributed by atoms with Crippen LogP contribution < -0.4 is 5.73 Å². The number of hydrogen-bond acceptors (Lipinski definition) is 1. The van der Waals surface area contributed by atoms with E-state index in [0.29, 0.717) is 5.56 Å². The summed E-state index contributed by atoms with van der Waals surface area (Å²) in [7, 11) is 0. The minimum absolute atomic E-state index is 0.359. The van der Waals surface area contributed by atoms with Crippen molar-refractivity contribution in [2.75, 3.05) is 0 Å². The van der Waals surface area contributed by atoms with E-state index in [1.54, 1.807) is 0 Å². The van der Waals surface area contributed by atoms with Gasteiger partial charge >= 0.3 is 0 Å². The third-order valence-electron chi connectivity index (χ3n) is 1.85. The van der Waals surface area contributed by atoms with Crippen LogP contribution in [-0.2, 0) is 0 Å². The van der Waals surface area contributed by atoms with E-state index in [4.69, 9.17) is 5.73 Å². The Balaban J connectivity index is 3.33. The second kappa shape index (κ2) is 3.43. The second-order valence-corrected chi connectivity index (χ2v) is 3.94. The largest absolute Gasteiger partial charge is 0.366 e. The number of aryl methyl sites for hydroxylation is 2. The lowest BCUT2D eigenvalue weighted by Crippen LogP contribution is -2.13. The molecule has 0 bridgehead atoms. The number of amides is 1. The van der Waals surface area contributed by atoms with Crippen molar-refractivity contribution >= 4 is 28.5 Å².